The monoisotopic (exact) mass is 223 g/mol. The molecular formula is C11H17N3O2. The highest BCUT2D eigenvalue weighted by Crippen LogP contribution is 2.19. The van der Waals surface area contributed by atoms with Crippen molar-refractivity contribution >= 4 is 11.8 Å². The van der Waals surface area contributed by atoms with Gasteiger partial charge in [0.25, 0.3) is 0 Å². The van der Waals surface area contributed by atoms with Gasteiger partial charge in [-0.1, -0.05) is 13.3 Å². The lowest BCUT2D eigenvalue weighted by atomic mass is 9.96. The van der Waals surface area contributed by atoms with E-state index in [0.717, 1.165) is 12.1 Å². The zero-order chi connectivity index (χ0) is 12.2. The molecule has 1 aromatic rings. The van der Waals surface area contributed by atoms with Crippen molar-refractivity contribution < 1.29 is 9.90 Å². The van der Waals surface area contributed by atoms with E-state index >= 15 is 0 Å². The SMILES string of the molecule is CCCC(C)(Nc1cc(C)ncn1)C(=O)O. The van der Waals surface area contributed by atoms with Crippen molar-refractivity contribution in [1.29, 1.82) is 0 Å². The molecule has 0 bridgehead atoms. The molecule has 0 saturated carbocycles. The maximum atomic E-state index is 11.2. The third-order valence-electron chi connectivity index (χ3n) is 2.43. The largest absolute Gasteiger partial charge is 0.480 e. The minimum Gasteiger partial charge on any atom is -0.480 e. The molecule has 0 spiro atoms. The maximum Gasteiger partial charge on any atom is 0.329 e. The lowest BCUT2D eigenvalue weighted by Gasteiger charge is -2.26. The van der Waals surface area contributed by atoms with E-state index in [1.807, 2.05) is 13.8 Å². The Morgan fingerprint density at radius 1 is 1.56 bits per heavy atom. The number of hydrogen-bond acceptors (Lipinski definition) is 4. The van der Waals surface area contributed by atoms with Crippen LogP contribution in [0.1, 0.15) is 32.4 Å². The predicted molar refractivity (Wildman–Crippen MR) is 61.3 cm³/mol. The maximum absolute atomic E-state index is 11.2. The molecule has 5 nitrogen and oxygen atoms in total. The third-order valence-corrected chi connectivity index (χ3v) is 2.43. The van der Waals surface area contributed by atoms with Crippen molar-refractivity contribution in [3.8, 4) is 0 Å². The zero-order valence-electron chi connectivity index (χ0n) is 9.82. The first-order valence-electron chi connectivity index (χ1n) is 5.28. The van der Waals surface area contributed by atoms with Crippen LogP contribution in [0.4, 0.5) is 5.82 Å². The van der Waals surface area contributed by atoms with Crippen LogP contribution in [-0.2, 0) is 4.79 Å². The summed E-state index contributed by atoms with van der Waals surface area (Å²) in [7, 11) is 0. The van der Waals surface area contributed by atoms with Gasteiger partial charge in [0.05, 0.1) is 0 Å². The van der Waals surface area contributed by atoms with E-state index in [-0.39, 0.29) is 0 Å². The molecule has 0 radical (unpaired) electrons. The lowest BCUT2D eigenvalue weighted by Crippen LogP contribution is -2.43. The minimum atomic E-state index is -0.977. The molecule has 1 rings (SSSR count). The molecule has 1 heterocycles. The highest BCUT2D eigenvalue weighted by molar-refractivity contribution is 5.81. The molecule has 0 saturated heterocycles. The van der Waals surface area contributed by atoms with Gasteiger partial charge < -0.3 is 10.4 Å². The van der Waals surface area contributed by atoms with Crippen molar-refractivity contribution in [2.75, 3.05) is 5.32 Å². The Hall–Kier alpha value is -1.65. The highest BCUT2D eigenvalue weighted by atomic mass is 16.4. The fourth-order valence-electron chi connectivity index (χ4n) is 1.53. The molecule has 1 unspecified atom stereocenters. The minimum absolute atomic E-state index is 0.547. The summed E-state index contributed by atoms with van der Waals surface area (Å²) in [5.74, 6) is -0.323. The summed E-state index contributed by atoms with van der Waals surface area (Å²) in [4.78, 5) is 19.2. The van der Waals surface area contributed by atoms with Gasteiger partial charge in [0.1, 0.15) is 17.7 Å². The number of carbonyl (C=O) groups is 1. The molecule has 5 heteroatoms. The molecule has 0 aliphatic carbocycles. The standard InChI is InChI=1S/C11H17N3O2/c1-4-5-11(3,10(15)16)14-9-6-8(2)12-7-13-9/h6-7H,4-5H2,1-3H3,(H,15,16)(H,12,13,14). The second-order valence-electron chi connectivity index (χ2n) is 4.06. The molecule has 16 heavy (non-hydrogen) atoms. The van der Waals surface area contributed by atoms with E-state index in [9.17, 15) is 9.90 Å². The number of aromatic nitrogens is 2. The summed E-state index contributed by atoms with van der Waals surface area (Å²) in [5.41, 5.74) is -0.169. The van der Waals surface area contributed by atoms with E-state index in [0.29, 0.717) is 12.2 Å². The number of nitrogens with one attached hydrogen (secondary N) is 1. The van der Waals surface area contributed by atoms with Crippen molar-refractivity contribution in [1.82, 2.24) is 9.97 Å². The summed E-state index contributed by atoms with van der Waals surface area (Å²) in [6.45, 7) is 5.45. The number of aliphatic carboxylic acids is 1. The number of rotatable bonds is 5. The van der Waals surface area contributed by atoms with Gasteiger partial charge in [-0.2, -0.15) is 0 Å². The summed E-state index contributed by atoms with van der Waals surface area (Å²) in [6, 6.07) is 1.73. The molecule has 0 aromatic carbocycles. The lowest BCUT2D eigenvalue weighted by molar-refractivity contribution is -0.142. The van der Waals surface area contributed by atoms with Gasteiger partial charge in [-0.15, -0.1) is 0 Å². The average molecular weight is 223 g/mol. The molecule has 0 fully saturated rings. The first-order chi connectivity index (χ1) is 7.48. The van der Waals surface area contributed by atoms with Crippen molar-refractivity contribution in [3.63, 3.8) is 0 Å². The molecule has 0 aliphatic rings. The van der Waals surface area contributed by atoms with Gasteiger partial charge in [-0.05, 0) is 20.3 Å². The normalized spacial score (nSPS) is 14.2. The zero-order valence-corrected chi connectivity index (χ0v) is 9.82. The predicted octanol–water partition coefficient (Wildman–Crippen LogP) is 1.84. The van der Waals surface area contributed by atoms with E-state index in [1.165, 1.54) is 6.33 Å². The molecule has 0 amide bonds. The molecule has 1 aromatic heterocycles. The van der Waals surface area contributed by atoms with Crippen LogP contribution in [-0.4, -0.2) is 26.6 Å². The van der Waals surface area contributed by atoms with E-state index in [4.69, 9.17) is 0 Å². The number of carboxylic acids is 1. The first-order valence-corrected chi connectivity index (χ1v) is 5.28. The van der Waals surface area contributed by atoms with Gasteiger partial charge in [0.2, 0.25) is 0 Å². The Kier molecular flexibility index (Phi) is 3.82. The van der Waals surface area contributed by atoms with E-state index in [1.54, 1.807) is 13.0 Å². The van der Waals surface area contributed by atoms with Crippen LogP contribution >= 0.6 is 0 Å². The van der Waals surface area contributed by atoms with Crippen molar-refractivity contribution in [2.24, 2.45) is 0 Å². The summed E-state index contributed by atoms with van der Waals surface area (Å²) in [5, 5.41) is 12.1. The second-order valence-corrected chi connectivity index (χ2v) is 4.06. The molecule has 1 atom stereocenters. The Labute approximate surface area is 94.9 Å². The average Bonchev–Trinajstić information content (AvgIpc) is 2.17. The number of carboxylic acid groups (broad SMARTS) is 1. The fraction of sp³-hybridized carbons (Fsp3) is 0.545. The van der Waals surface area contributed by atoms with E-state index in [2.05, 4.69) is 15.3 Å². The van der Waals surface area contributed by atoms with Gasteiger partial charge in [-0.3, -0.25) is 0 Å². The number of anilines is 1. The number of hydrogen-bond donors (Lipinski definition) is 2. The molecule has 0 aliphatic heterocycles. The highest BCUT2D eigenvalue weighted by Gasteiger charge is 2.32. The van der Waals surface area contributed by atoms with Crippen molar-refractivity contribution in [2.45, 2.75) is 39.2 Å². The summed E-state index contributed by atoms with van der Waals surface area (Å²) < 4.78 is 0. The van der Waals surface area contributed by atoms with Crippen molar-refractivity contribution in [3.05, 3.63) is 18.1 Å². The van der Waals surface area contributed by atoms with Gasteiger partial charge >= 0.3 is 5.97 Å². The van der Waals surface area contributed by atoms with Crippen LogP contribution in [0.15, 0.2) is 12.4 Å². The van der Waals surface area contributed by atoms with Gasteiger partial charge in [0, 0.05) is 11.8 Å². The number of aryl methyl sites for hydroxylation is 1. The van der Waals surface area contributed by atoms with Crippen LogP contribution in [0.5, 0.6) is 0 Å². The smallest absolute Gasteiger partial charge is 0.329 e. The Balaban J connectivity index is 2.87. The second kappa shape index (κ2) is 4.92. The quantitative estimate of drug-likeness (QED) is 0.796. The summed E-state index contributed by atoms with van der Waals surface area (Å²) >= 11 is 0. The van der Waals surface area contributed by atoms with Crippen LogP contribution in [0, 0.1) is 6.92 Å². The van der Waals surface area contributed by atoms with Crippen LogP contribution in [0.25, 0.3) is 0 Å². The van der Waals surface area contributed by atoms with Crippen LogP contribution in [0.3, 0.4) is 0 Å². The topological polar surface area (TPSA) is 75.1 Å². The fourth-order valence-corrected chi connectivity index (χ4v) is 1.53. The Morgan fingerprint density at radius 3 is 2.75 bits per heavy atom. The molecule has 88 valence electrons. The van der Waals surface area contributed by atoms with E-state index < -0.39 is 11.5 Å². The third kappa shape index (κ3) is 2.92. The first kappa shape index (κ1) is 12.4. The Morgan fingerprint density at radius 2 is 2.25 bits per heavy atom. The molecule has 2 N–H and O–H groups in total. The van der Waals surface area contributed by atoms with Gasteiger partial charge in [-0.25, -0.2) is 14.8 Å². The summed E-state index contributed by atoms with van der Waals surface area (Å²) in [6.07, 6.45) is 2.76. The Bertz CT molecular complexity index is 381. The van der Waals surface area contributed by atoms with Gasteiger partial charge in [0.15, 0.2) is 0 Å². The van der Waals surface area contributed by atoms with Crippen LogP contribution < -0.4 is 5.32 Å². The van der Waals surface area contributed by atoms with Crippen LogP contribution in [0.2, 0.25) is 0 Å². The molecular weight excluding hydrogens is 206 g/mol. The number of nitrogens with zero attached hydrogens (tertiary/aromatic N) is 2.